The van der Waals surface area contributed by atoms with E-state index in [-0.39, 0.29) is 0 Å². The van der Waals surface area contributed by atoms with Crippen molar-refractivity contribution in [2.75, 3.05) is 13.1 Å². The first-order chi connectivity index (χ1) is 27.2. The molecular weight excluding hydrogens is 667 g/mol. The predicted octanol–water partition coefficient (Wildman–Crippen LogP) is 18.0. The van der Waals surface area contributed by atoms with Gasteiger partial charge in [0.1, 0.15) is 0 Å². The van der Waals surface area contributed by atoms with Crippen molar-refractivity contribution in [3.05, 3.63) is 12.3 Å². The molecule has 6 N–H and O–H groups in total. The standard InChI is InChI=1S/C18H39N.C18H37N.C16H35N/c2*1-2-3-4-5-6-7-8-9-10-11-12-13-14-15-16-17-18-19;1-2-3-4-5-6-7-8-9-10-11-12-13-14-15-16-17/h2-19H2,1H3;17-18H,2-16,19H2,1H3;2-17H2,1H3. The van der Waals surface area contributed by atoms with E-state index in [2.05, 4.69) is 26.8 Å². The number of nitrogens with two attached hydrogens (primary N) is 3. The Kier molecular flexibility index (Phi) is 67.0. The van der Waals surface area contributed by atoms with Crippen molar-refractivity contribution < 1.29 is 0 Å². The molecule has 334 valence electrons. The van der Waals surface area contributed by atoms with E-state index < -0.39 is 0 Å². The van der Waals surface area contributed by atoms with Crippen LogP contribution < -0.4 is 17.2 Å². The molecule has 0 saturated heterocycles. The monoisotopic (exact) mass is 778 g/mol. The van der Waals surface area contributed by atoms with Gasteiger partial charge in [-0.1, -0.05) is 290 Å². The van der Waals surface area contributed by atoms with Crippen molar-refractivity contribution in [1.82, 2.24) is 0 Å². The largest absolute Gasteiger partial charge is 0.405 e. The van der Waals surface area contributed by atoms with E-state index in [1.54, 1.807) is 6.20 Å². The van der Waals surface area contributed by atoms with Crippen LogP contribution in [0.5, 0.6) is 0 Å². The van der Waals surface area contributed by atoms with Crippen LogP contribution in [0.4, 0.5) is 0 Å². The quantitative estimate of drug-likeness (QED) is 0.0539. The molecule has 0 spiro atoms. The van der Waals surface area contributed by atoms with Crippen LogP contribution in [0.1, 0.15) is 310 Å². The van der Waals surface area contributed by atoms with Gasteiger partial charge in [-0.05, 0) is 45.0 Å². The Morgan fingerprint density at radius 1 is 0.236 bits per heavy atom. The number of allylic oxidation sites excluding steroid dienone is 1. The minimum atomic E-state index is 0.873. The third-order valence-corrected chi connectivity index (χ3v) is 11.5. The topological polar surface area (TPSA) is 78.1 Å². The van der Waals surface area contributed by atoms with Gasteiger partial charge in [-0.15, -0.1) is 0 Å². The zero-order valence-corrected chi connectivity index (χ0v) is 39.1. The molecule has 0 aromatic rings. The second-order valence-electron chi connectivity index (χ2n) is 17.3. The van der Waals surface area contributed by atoms with Crippen molar-refractivity contribution in [1.29, 1.82) is 0 Å². The highest BCUT2D eigenvalue weighted by atomic mass is 14.5. The first kappa shape index (κ1) is 58.8. The average molecular weight is 778 g/mol. The Bertz CT molecular complexity index is 576. The van der Waals surface area contributed by atoms with Crippen molar-refractivity contribution in [3.8, 4) is 0 Å². The molecule has 0 unspecified atom stereocenters. The molecule has 0 aliphatic rings. The van der Waals surface area contributed by atoms with Crippen molar-refractivity contribution in [2.24, 2.45) is 17.2 Å². The third-order valence-electron chi connectivity index (χ3n) is 11.5. The van der Waals surface area contributed by atoms with E-state index >= 15 is 0 Å². The normalized spacial score (nSPS) is 11.1. The summed E-state index contributed by atoms with van der Waals surface area (Å²) in [7, 11) is 0. The number of rotatable bonds is 45. The maximum absolute atomic E-state index is 5.48. The van der Waals surface area contributed by atoms with Gasteiger partial charge in [0, 0.05) is 0 Å². The zero-order valence-electron chi connectivity index (χ0n) is 39.1. The summed E-state index contributed by atoms with van der Waals surface area (Å²) in [6.45, 7) is 8.61. The molecule has 0 radical (unpaired) electrons. The fraction of sp³-hybridized carbons (Fsp3) is 0.962. The molecule has 3 nitrogen and oxygen atoms in total. The molecule has 0 heterocycles. The Hall–Kier alpha value is -0.540. The van der Waals surface area contributed by atoms with Gasteiger partial charge in [0.25, 0.3) is 0 Å². The van der Waals surface area contributed by atoms with E-state index in [0.29, 0.717) is 0 Å². The smallest absolute Gasteiger partial charge is 0.00773 e. The van der Waals surface area contributed by atoms with Crippen LogP contribution in [0.2, 0.25) is 0 Å². The van der Waals surface area contributed by atoms with Crippen LogP contribution in [0.3, 0.4) is 0 Å². The van der Waals surface area contributed by atoms with Crippen LogP contribution in [-0.4, -0.2) is 13.1 Å². The lowest BCUT2D eigenvalue weighted by Crippen LogP contribution is -1.97. The van der Waals surface area contributed by atoms with Crippen LogP contribution in [0.25, 0.3) is 0 Å². The third kappa shape index (κ3) is 68.5. The first-order valence-corrected chi connectivity index (χ1v) is 26.0. The van der Waals surface area contributed by atoms with Gasteiger partial charge in [-0.25, -0.2) is 0 Å². The molecule has 0 aliphatic heterocycles. The highest BCUT2D eigenvalue weighted by Gasteiger charge is 1.96. The van der Waals surface area contributed by atoms with Crippen molar-refractivity contribution >= 4 is 0 Å². The van der Waals surface area contributed by atoms with Gasteiger partial charge < -0.3 is 17.2 Å². The van der Waals surface area contributed by atoms with E-state index in [9.17, 15) is 0 Å². The van der Waals surface area contributed by atoms with E-state index in [1.165, 1.54) is 283 Å². The number of hydrogen-bond donors (Lipinski definition) is 3. The Labute approximate surface area is 351 Å². The van der Waals surface area contributed by atoms with Crippen LogP contribution in [0.15, 0.2) is 12.3 Å². The Balaban J connectivity index is -0.000000739. The van der Waals surface area contributed by atoms with E-state index in [0.717, 1.165) is 19.5 Å². The lowest BCUT2D eigenvalue weighted by atomic mass is 10.0. The average Bonchev–Trinajstić information content (AvgIpc) is 3.20. The molecule has 0 aromatic heterocycles. The lowest BCUT2D eigenvalue weighted by molar-refractivity contribution is 0.530. The van der Waals surface area contributed by atoms with E-state index in [4.69, 9.17) is 17.2 Å². The number of hydrogen-bond acceptors (Lipinski definition) is 3. The zero-order chi connectivity index (χ0) is 40.6. The maximum atomic E-state index is 5.48. The summed E-state index contributed by atoms with van der Waals surface area (Å²) in [6.07, 6.45) is 67.6. The van der Waals surface area contributed by atoms with Crippen LogP contribution in [-0.2, 0) is 0 Å². The molecule has 0 rings (SSSR count). The fourth-order valence-electron chi connectivity index (χ4n) is 7.58. The summed E-state index contributed by atoms with van der Waals surface area (Å²) in [5.41, 5.74) is 16.3. The molecule has 0 aromatic carbocycles. The highest BCUT2D eigenvalue weighted by Crippen LogP contribution is 2.16. The van der Waals surface area contributed by atoms with Gasteiger partial charge >= 0.3 is 0 Å². The molecule has 0 saturated carbocycles. The molecule has 0 fully saturated rings. The van der Waals surface area contributed by atoms with Crippen LogP contribution >= 0.6 is 0 Å². The molecule has 0 bridgehead atoms. The van der Waals surface area contributed by atoms with Gasteiger partial charge in [-0.2, -0.15) is 0 Å². The minimum absolute atomic E-state index is 0.873. The predicted molar refractivity (Wildman–Crippen MR) is 256 cm³/mol. The summed E-state index contributed by atoms with van der Waals surface area (Å²) >= 11 is 0. The summed E-state index contributed by atoms with van der Waals surface area (Å²) in [5, 5.41) is 0. The summed E-state index contributed by atoms with van der Waals surface area (Å²) in [4.78, 5) is 0. The molecule has 0 amide bonds. The van der Waals surface area contributed by atoms with Gasteiger partial charge in [0.15, 0.2) is 0 Å². The van der Waals surface area contributed by atoms with Crippen LogP contribution in [0, 0.1) is 0 Å². The summed E-state index contributed by atoms with van der Waals surface area (Å²) < 4.78 is 0. The first-order valence-electron chi connectivity index (χ1n) is 26.0. The molecule has 55 heavy (non-hydrogen) atoms. The molecular formula is C52H111N3. The highest BCUT2D eigenvalue weighted by molar-refractivity contribution is 4.74. The van der Waals surface area contributed by atoms with Gasteiger partial charge in [0.2, 0.25) is 0 Å². The van der Waals surface area contributed by atoms with E-state index in [1.807, 2.05) is 0 Å². The van der Waals surface area contributed by atoms with Crippen molar-refractivity contribution in [3.63, 3.8) is 0 Å². The second kappa shape index (κ2) is 62.6. The SMILES string of the molecule is CCCCCCCCCCCCCCCCC=CN.CCCCCCCCCCCCCCCCCCN.CCCCCCCCCCCCCCCCN. The molecule has 0 atom stereocenters. The number of unbranched alkanes of at least 4 members (excludes halogenated alkanes) is 42. The summed E-state index contributed by atoms with van der Waals surface area (Å²) in [6, 6.07) is 0. The minimum Gasteiger partial charge on any atom is -0.405 e. The maximum Gasteiger partial charge on any atom is -0.00773 e. The van der Waals surface area contributed by atoms with Gasteiger partial charge in [-0.3, -0.25) is 0 Å². The van der Waals surface area contributed by atoms with Crippen molar-refractivity contribution in [2.45, 2.75) is 310 Å². The molecule has 0 aliphatic carbocycles. The molecule has 3 heteroatoms. The Morgan fingerprint density at radius 2 is 0.400 bits per heavy atom. The fourth-order valence-corrected chi connectivity index (χ4v) is 7.58. The van der Waals surface area contributed by atoms with Gasteiger partial charge in [0.05, 0.1) is 0 Å². The Morgan fingerprint density at radius 3 is 0.564 bits per heavy atom. The summed E-state index contributed by atoms with van der Waals surface area (Å²) in [5.74, 6) is 0. The lowest BCUT2D eigenvalue weighted by Gasteiger charge is -2.03. The second-order valence-corrected chi connectivity index (χ2v) is 17.3.